The standard InChI is InChI=1S/C24H16N4O2/c29-22-17-11-5-7-13-20(17)26-24(27-22)28-23(30)18-14-21(15-8-2-1-3-9-15)25-19-12-6-4-10-16(18)19/h1-14H,(H2,26,27,28,29,30). The maximum Gasteiger partial charge on any atom is 0.260 e. The fourth-order valence-electron chi connectivity index (χ4n) is 3.44. The number of amides is 1. The molecule has 0 spiro atoms. The van der Waals surface area contributed by atoms with E-state index >= 15 is 0 Å². The minimum absolute atomic E-state index is 0.103. The van der Waals surface area contributed by atoms with E-state index in [9.17, 15) is 9.59 Å². The number of carbonyl (C=O) groups is 1. The van der Waals surface area contributed by atoms with E-state index in [0.717, 1.165) is 10.9 Å². The largest absolute Gasteiger partial charge is 0.292 e. The van der Waals surface area contributed by atoms with Crippen LogP contribution < -0.4 is 10.9 Å². The number of fused-ring (bicyclic) bond motifs is 2. The highest BCUT2D eigenvalue weighted by atomic mass is 16.2. The molecule has 2 heterocycles. The van der Waals surface area contributed by atoms with E-state index in [4.69, 9.17) is 4.98 Å². The average molecular weight is 392 g/mol. The van der Waals surface area contributed by atoms with Crippen molar-refractivity contribution in [2.75, 3.05) is 5.32 Å². The fourth-order valence-corrected chi connectivity index (χ4v) is 3.44. The Bertz CT molecular complexity index is 1460. The molecule has 0 aliphatic rings. The van der Waals surface area contributed by atoms with Crippen LogP contribution in [-0.2, 0) is 0 Å². The molecule has 5 aromatic rings. The number of rotatable bonds is 3. The summed E-state index contributed by atoms with van der Waals surface area (Å²) in [5.74, 6) is -0.268. The maximum absolute atomic E-state index is 13.2. The first-order chi connectivity index (χ1) is 14.7. The van der Waals surface area contributed by atoms with Crippen molar-refractivity contribution in [1.82, 2.24) is 15.0 Å². The molecule has 0 saturated heterocycles. The molecule has 2 N–H and O–H groups in total. The summed E-state index contributed by atoms with van der Waals surface area (Å²) < 4.78 is 0. The van der Waals surface area contributed by atoms with Crippen molar-refractivity contribution in [3.63, 3.8) is 0 Å². The molecule has 0 aliphatic heterocycles. The van der Waals surface area contributed by atoms with Gasteiger partial charge in [-0.25, -0.2) is 9.97 Å². The molecule has 0 radical (unpaired) electrons. The number of nitrogens with zero attached hydrogens (tertiary/aromatic N) is 2. The Morgan fingerprint density at radius 2 is 1.40 bits per heavy atom. The van der Waals surface area contributed by atoms with E-state index in [1.807, 2.05) is 54.6 Å². The number of para-hydroxylation sites is 2. The zero-order valence-electron chi connectivity index (χ0n) is 15.8. The molecule has 0 aliphatic carbocycles. The van der Waals surface area contributed by atoms with Crippen molar-refractivity contribution in [3.05, 3.63) is 101 Å². The lowest BCUT2D eigenvalue weighted by Crippen LogP contribution is -2.19. The summed E-state index contributed by atoms with van der Waals surface area (Å²) in [5.41, 5.74) is 2.98. The Balaban J connectivity index is 1.60. The van der Waals surface area contributed by atoms with Crippen LogP contribution in [0.3, 0.4) is 0 Å². The average Bonchev–Trinajstić information content (AvgIpc) is 2.79. The summed E-state index contributed by atoms with van der Waals surface area (Å²) in [7, 11) is 0. The summed E-state index contributed by atoms with van der Waals surface area (Å²) >= 11 is 0. The van der Waals surface area contributed by atoms with Gasteiger partial charge in [-0.2, -0.15) is 0 Å². The van der Waals surface area contributed by atoms with Crippen LogP contribution in [0, 0.1) is 0 Å². The van der Waals surface area contributed by atoms with Crippen LogP contribution in [0.1, 0.15) is 10.4 Å². The fraction of sp³-hybridized carbons (Fsp3) is 0. The Morgan fingerprint density at radius 3 is 2.17 bits per heavy atom. The van der Waals surface area contributed by atoms with Gasteiger partial charge in [-0.15, -0.1) is 0 Å². The van der Waals surface area contributed by atoms with Crippen LogP contribution in [0.5, 0.6) is 0 Å². The number of aromatic amines is 1. The monoisotopic (exact) mass is 392 g/mol. The molecule has 6 nitrogen and oxygen atoms in total. The van der Waals surface area contributed by atoms with Crippen LogP contribution in [0.15, 0.2) is 89.7 Å². The van der Waals surface area contributed by atoms with E-state index in [0.29, 0.717) is 27.7 Å². The molecule has 30 heavy (non-hydrogen) atoms. The van der Waals surface area contributed by atoms with Crippen molar-refractivity contribution in [2.45, 2.75) is 0 Å². The number of carbonyl (C=O) groups excluding carboxylic acids is 1. The lowest BCUT2D eigenvalue weighted by molar-refractivity contribution is 0.102. The number of hydrogen-bond acceptors (Lipinski definition) is 4. The van der Waals surface area contributed by atoms with Gasteiger partial charge in [-0.3, -0.25) is 19.9 Å². The number of hydrogen-bond donors (Lipinski definition) is 2. The molecule has 6 heteroatoms. The molecule has 0 unspecified atom stereocenters. The minimum atomic E-state index is -0.371. The molecule has 0 saturated carbocycles. The summed E-state index contributed by atoms with van der Waals surface area (Å²) in [6, 6.07) is 25.9. The van der Waals surface area contributed by atoms with Crippen LogP contribution >= 0.6 is 0 Å². The lowest BCUT2D eigenvalue weighted by Gasteiger charge is -2.10. The Labute approximate surface area is 171 Å². The van der Waals surface area contributed by atoms with Crippen LogP contribution in [0.25, 0.3) is 33.1 Å². The molecule has 0 fully saturated rings. The number of H-pyrrole nitrogens is 1. The van der Waals surface area contributed by atoms with Gasteiger partial charge in [0, 0.05) is 10.9 Å². The highest BCUT2D eigenvalue weighted by molar-refractivity contribution is 6.12. The van der Waals surface area contributed by atoms with Gasteiger partial charge in [-0.05, 0) is 24.3 Å². The number of benzene rings is 3. The summed E-state index contributed by atoms with van der Waals surface area (Å²) in [5, 5.41) is 3.92. The topological polar surface area (TPSA) is 87.7 Å². The second-order valence-corrected chi connectivity index (χ2v) is 6.82. The van der Waals surface area contributed by atoms with Gasteiger partial charge in [0.1, 0.15) is 0 Å². The van der Waals surface area contributed by atoms with Gasteiger partial charge in [0.05, 0.1) is 27.7 Å². The maximum atomic E-state index is 13.2. The molecule has 144 valence electrons. The SMILES string of the molecule is O=C(Nc1nc2ccccc2c(=O)[nH]1)c1cc(-c2ccccc2)nc2ccccc12. The van der Waals surface area contributed by atoms with Gasteiger partial charge in [0.2, 0.25) is 5.95 Å². The second-order valence-electron chi connectivity index (χ2n) is 6.82. The Hall–Kier alpha value is -4.32. The number of anilines is 1. The van der Waals surface area contributed by atoms with Crippen molar-refractivity contribution >= 4 is 33.7 Å². The van der Waals surface area contributed by atoms with E-state index in [1.165, 1.54) is 0 Å². The minimum Gasteiger partial charge on any atom is -0.292 e. The van der Waals surface area contributed by atoms with Crippen molar-refractivity contribution in [3.8, 4) is 11.3 Å². The van der Waals surface area contributed by atoms with Crippen molar-refractivity contribution < 1.29 is 4.79 Å². The first-order valence-corrected chi connectivity index (χ1v) is 9.45. The van der Waals surface area contributed by atoms with Gasteiger partial charge < -0.3 is 0 Å². The summed E-state index contributed by atoms with van der Waals surface area (Å²) in [6.07, 6.45) is 0. The molecular weight excluding hydrogens is 376 g/mol. The van der Waals surface area contributed by atoms with Gasteiger partial charge in [-0.1, -0.05) is 60.7 Å². The molecule has 1 amide bonds. The van der Waals surface area contributed by atoms with E-state index in [-0.39, 0.29) is 17.4 Å². The quantitative estimate of drug-likeness (QED) is 0.477. The highest BCUT2D eigenvalue weighted by Gasteiger charge is 2.15. The zero-order valence-corrected chi connectivity index (χ0v) is 15.8. The molecular formula is C24H16N4O2. The lowest BCUT2D eigenvalue weighted by atomic mass is 10.0. The normalized spacial score (nSPS) is 10.9. The smallest absolute Gasteiger partial charge is 0.260 e. The molecule has 0 bridgehead atoms. The number of aromatic nitrogens is 3. The predicted octanol–water partition coefficient (Wildman–Crippen LogP) is 4.39. The third kappa shape index (κ3) is 3.20. The second kappa shape index (κ2) is 7.25. The van der Waals surface area contributed by atoms with Gasteiger partial charge >= 0.3 is 0 Å². The molecule has 3 aromatic carbocycles. The first-order valence-electron chi connectivity index (χ1n) is 9.45. The summed E-state index contributed by atoms with van der Waals surface area (Å²) in [6.45, 7) is 0. The van der Waals surface area contributed by atoms with Crippen LogP contribution in [0.4, 0.5) is 5.95 Å². The predicted molar refractivity (Wildman–Crippen MR) is 117 cm³/mol. The third-order valence-corrected chi connectivity index (χ3v) is 4.88. The van der Waals surface area contributed by atoms with Gasteiger partial charge in [0.15, 0.2) is 0 Å². The Kier molecular flexibility index (Phi) is 4.29. The van der Waals surface area contributed by atoms with Crippen LogP contribution in [0.2, 0.25) is 0 Å². The van der Waals surface area contributed by atoms with E-state index < -0.39 is 0 Å². The third-order valence-electron chi connectivity index (χ3n) is 4.88. The van der Waals surface area contributed by atoms with E-state index in [1.54, 1.807) is 30.3 Å². The molecule has 2 aromatic heterocycles. The zero-order chi connectivity index (χ0) is 20.5. The van der Waals surface area contributed by atoms with Gasteiger partial charge in [0.25, 0.3) is 11.5 Å². The van der Waals surface area contributed by atoms with Crippen molar-refractivity contribution in [1.29, 1.82) is 0 Å². The highest BCUT2D eigenvalue weighted by Crippen LogP contribution is 2.25. The van der Waals surface area contributed by atoms with E-state index in [2.05, 4.69) is 15.3 Å². The first kappa shape index (κ1) is 17.8. The number of pyridine rings is 1. The van der Waals surface area contributed by atoms with Crippen molar-refractivity contribution in [2.24, 2.45) is 0 Å². The van der Waals surface area contributed by atoms with Crippen LogP contribution in [-0.4, -0.2) is 20.9 Å². The number of nitrogens with one attached hydrogen (secondary N) is 2. The summed E-state index contributed by atoms with van der Waals surface area (Å²) in [4.78, 5) is 37.2. The Morgan fingerprint density at radius 1 is 0.767 bits per heavy atom. The molecule has 5 rings (SSSR count). The molecule has 0 atom stereocenters.